The Labute approximate surface area is 159 Å². The molecule has 2 aromatic carbocycles. The van der Waals surface area contributed by atoms with Crippen molar-refractivity contribution in [3.63, 3.8) is 0 Å². The molecule has 6 heteroatoms. The van der Waals surface area contributed by atoms with E-state index in [4.69, 9.17) is 9.47 Å². The van der Waals surface area contributed by atoms with Gasteiger partial charge in [0.25, 0.3) is 5.91 Å². The number of benzene rings is 2. The summed E-state index contributed by atoms with van der Waals surface area (Å²) in [6.45, 7) is 1.89. The van der Waals surface area contributed by atoms with Crippen molar-refractivity contribution in [3.05, 3.63) is 54.1 Å². The molecule has 0 unspecified atom stereocenters. The molecule has 1 aliphatic rings. The van der Waals surface area contributed by atoms with Crippen molar-refractivity contribution in [2.45, 2.75) is 19.3 Å². The fourth-order valence-corrected chi connectivity index (χ4v) is 3.01. The molecule has 6 nitrogen and oxygen atoms in total. The summed E-state index contributed by atoms with van der Waals surface area (Å²) in [6, 6.07) is 14.3. The number of likely N-dealkylation sites (tertiary alicyclic amines) is 1. The fraction of sp³-hybridized carbons (Fsp3) is 0.333. The highest BCUT2D eigenvalue weighted by Gasteiger charge is 2.19. The van der Waals surface area contributed by atoms with Gasteiger partial charge in [-0.05, 0) is 49.2 Å². The zero-order valence-corrected chi connectivity index (χ0v) is 15.4. The molecule has 0 spiro atoms. The number of hydrogen-bond acceptors (Lipinski definition) is 4. The normalized spacial score (nSPS) is 13.3. The summed E-state index contributed by atoms with van der Waals surface area (Å²) in [5.74, 6) is 1.15. The molecule has 3 rings (SSSR count). The highest BCUT2D eigenvalue weighted by Crippen LogP contribution is 2.25. The van der Waals surface area contributed by atoms with Crippen LogP contribution in [0.5, 0.6) is 11.5 Å². The summed E-state index contributed by atoms with van der Waals surface area (Å²) in [4.78, 5) is 26.3. The molecule has 1 aliphatic heterocycles. The first-order chi connectivity index (χ1) is 13.2. The summed E-state index contributed by atoms with van der Waals surface area (Å²) < 4.78 is 10.8. The monoisotopic (exact) mass is 368 g/mol. The van der Waals surface area contributed by atoms with Crippen LogP contribution in [0, 0.1) is 0 Å². The van der Waals surface area contributed by atoms with Gasteiger partial charge in [-0.1, -0.05) is 12.1 Å². The maximum Gasteiger partial charge on any atom is 0.253 e. The topological polar surface area (TPSA) is 67.9 Å². The van der Waals surface area contributed by atoms with Crippen molar-refractivity contribution in [3.8, 4) is 11.5 Å². The zero-order valence-electron chi connectivity index (χ0n) is 15.4. The molecule has 1 N–H and O–H groups in total. The van der Waals surface area contributed by atoms with Gasteiger partial charge >= 0.3 is 0 Å². The van der Waals surface area contributed by atoms with Crippen molar-refractivity contribution < 1.29 is 19.1 Å². The number of ether oxygens (including phenoxy) is 2. The van der Waals surface area contributed by atoms with Gasteiger partial charge in [-0.3, -0.25) is 9.59 Å². The van der Waals surface area contributed by atoms with Crippen molar-refractivity contribution >= 4 is 17.5 Å². The summed E-state index contributed by atoms with van der Waals surface area (Å²) in [7, 11) is 1.58. The van der Waals surface area contributed by atoms with Crippen molar-refractivity contribution in [2.24, 2.45) is 0 Å². The summed E-state index contributed by atoms with van der Waals surface area (Å²) in [6.07, 6.45) is 2.35. The third-order valence-corrected chi connectivity index (χ3v) is 4.46. The lowest BCUT2D eigenvalue weighted by Crippen LogP contribution is -2.27. The molecule has 0 aromatic heterocycles. The molecule has 0 radical (unpaired) electrons. The zero-order chi connectivity index (χ0) is 19.1. The van der Waals surface area contributed by atoms with Crippen LogP contribution in [0.4, 0.5) is 5.69 Å². The second-order valence-corrected chi connectivity index (χ2v) is 6.37. The molecule has 142 valence electrons. The Balaban J connectivity index is 1.47. The van der Waals surface area contributed by atoms with E-state index in [-0.39, 0.29) is 24.8 Å². The second-order valence-electron chi connectivity index (χ2n) is 6.37. The molecule has 27 heavy (non-hydrogen) atoms. The molecule has 2 amide bonds. The number of hydrogen-bond donors (Lipinski definition) is 1. The first kappa shape index (κ1) is 18.8. The first-order valence-electron chi connectivity index (χ1n) is 9.12. The van der Waals surface area contributed by atoms with Gasteiger partial charge in [-0.25, -0.2) is 0 Å². The highest BCUT2D eigenvalue weighted by atomic mass is 16.5. The van der Waals surface area contributed by atoms with Gasteiger partial charge < -0.3 is 19.7 Å². The molecule has 1 saturated heterocycles. The third-order valence-electron chi connectivity index (χ3n) is 4.46. The number of anilines is 1. The first-order valence-corrected chi connectivity index (χ1v) is 9.12. The molecular formula is C21H24N2O4. The van der Waals surface area contributed by atoms with Gasteiger partial charge in [0.1, 0.15) is 0 Å². The number of carbonyl (C=O) groups excluding carboxylic acids is 2. The molecule has 1 fully saturated rings. The smallest absolute Gasteiger partial charge is 0.253 e. The van der Waals surface area contributed by atoms with E-state index in [1.165, 1.54) is 0 Å². The summed E-state index contributed by atoms with van der Waals surface area (Å²) >= 11 is 0. The Bertz CT molecular complexity index is 783. The van der Waals surface area contributed by atoms with Crippen LogP contribution in [-0.2, 0) is 4.79 Å². The van der Waals surface area contributed by atoms with Gasteiger partial charge in [0.2, 0.25) is 5.91 Å². The van der Waals surface area contributed by atoms with Crippen LogP contribution >= 0.6 is 0 Å². The lowest BCUT2D eigenvalue weighted by Gasteiger charge is -2.15. The van der Waals surface area contributed by atoms with Gasteiger partial charge in [0.05, 0.1) is 20.1 Å². The van der Waals surface area contributed by atoms with Crippen LogP contribution < -0.4 is 14.8 Å². The number of para-hydroxylation sites is 2. The van der Waals surface area contributed by atoms with Crippen LogP contribution in [0.15, 0.2) is 48.5 Å². The van der Waals surface area contributed by atoms with Crippen LogP contribution in [0.25, 0.3) is 0 Å². The Morgan fingerprint density at radius 2 is 1.67 bits per heavy atom. The van der Waals surface area contributed by atoms with E-state index in [1.54, 1.807) is 43.5 Å². The minimum atomic E-state index is -0.150. The molecule has 0 bridgehead atoms. The molecule has 1 heterocycles. The minimum Gasteiger partial charge on any atom is -0.493 e. The van der Waals surface area contributed by atoms with Gasteiger partial charge in [-0.2, -0.15) is 0 Å². The number of nitrogens with one attached hydrogen (secondary N) is 1. The van der Waals surface area contributed by atoms with Gasteiger partial charge in [-0.15, -0.1) is 0 Å². The molecule has 0 atom stereocenters. The van der Waals surface area contributed by atoms with E-state index >= 15 is 0 Å². The number of methoxy groups -OCH3 is 1. The van der Waals surface area contributed by atoms with Crippen molar-refractivity contribution in [1.82, 2.24) is 4.90 Å². The predicted octanol–water partition coefficient (Wildman–Crippen LogP) is 3.34. The standard InChI is InChI=1S/C21H24N2O4/c1-26-18-6-2-3-7-19(18)27-15-12-20(24)22-17-10-8-16(9-11-17)21(25)23-13-4-5-14-23/h2-3,6-11H,4-5,12-15H2,1H3,(H,22,24). The Morgan fingerprint density at radius 1 is 1.00 bits per heavy atom. The molecule has 0 saturated carbocycles. The second kappa shape index (κ2) is 9.07. The van der Waals surface area contributed by atoms with Crippen LogP contribution in [0.1, 0.15) is 29.6 Å². The Morgan fingerprint density at radius 3 is 2.33 bits per heavy atom. The molecular weight excluding hydrogens is 344 g/mol. The molecule has 0 aliphatic carbocycles. The van der Waals surface area contributed by atoms with E-state index in [2.05, 4.69) is 5.32 Å². The largest absolute Gasteiger partial charge is 0.493 e. The van der Waals surface area contributed by atoms with Gasteiger partial charge in [0.15, 0.2) is 11.5 Å². The van der Waals surface area contributed by atoms with Gasteiger partial charge in [0, 0.05) is 24.3 Å². The molecule has 2 aromatic rings. The predicted molar refractivity (Wildman–Crippen MR) is 103 cm³/mol. The van der Waals surface area contributed by atoms with Crippen LogP contribution in [0.3, 0.4) is 0 Å². The highest BCUT2D eigenvalue weighted by molar-refractivity contribution is 5.96. The number of carbonyl (C=O) groups is 2. The Hall–Kier alpha value is -3.02. The third kappa shape index (κ3) is 5.00. The Kier molecular flexibility index (Phi) is 6.30. The minimum absolute atomic E-state index is 0.0515. The number of nitrogens with zero attached hydrogens (tertiary/aromatic N) is 1. The van der Waals surface area contributed by atoms with E-state index in [9.17, 15) is 9.59 Å². The van der Waals surface area contributed by atoms with E-state index < -0.39 is 0 Å². The van der Waals surface area contributed by atoms with E-state index in [1.807, 2.05) is 17.0 Å². The van der Waals surface area contributed by atoms with Crippen molar-refractivity contribution in [2.75, 3.05) is 32.1 Å². The fourth-order valence-electron chi connectivity index (χ4n) is 3.01. The lowest BCUT2D eigenvalue weighted by molar-refractivity contribution is -0.116. The summed E-state index contributed by atoms with van der Waals surface area (Å²) in [5, 5.41) is 2.82. The maximum absolute atomic E-state index is 12.3. The lowest BCUT2D eigenvalue weighted by atomic mass is 10.2. The van der Waals surface area contributed by atoms with Crippen LogP contribution in [0.2, 0.25) is 0 Å². The number of amides is 2. The van der Waals surface area contributed by atoms with Crippen molar-refractivity contribution in [1.29, 1.82) is 0 Å². The number of rotatable bonds is 7. The summed E-state index contributed by atoms with van der Waals surface area (Å²) in [5.41, 5.74) is 1.31. The average molecular weight is 368 g/mol. The van der Waals surface area contributed by atoms with E-state index in [0.717, 1.165) is 25.9 Å². The average Bonchev–Trinajstić information content (AvgIpc) is 3.23. The van der Waals surface area contributed by atoms with E-state index in [0.29, 0.717) is 22.7 Å². The van der Waals surface area contributed by atoms with Crippen LogP contribution in [-0.4, -0.2) is 43.5 Å². The quantitative estimate of drug-likeness (QED) is 0.814. The maximum atomic E-state index is 12.3. The SMILES string of the molecule is COc1ccccc1OCCC(=O)Nc1ccc(C(=O)N2CCCC2)cc1.